The Morgan fingerprint density at radius 2 is 1.97 bits per heavy atom. The monoisotopic (exact) mass is 523 g/mol. The summed E-state index contributed by atoms with van der Waals surface area (Å²) in [6, 6.07) is 9.49. The number of carbonyl (C=O) groups excluding carboxylic acids is 2. The molecule has 2 amide bonds. The second-order valence-electron chi connectivity index (χ2n) is 9.92. The van der Waals surface area contributed by atoms with E-state index in [0.717, 1.165) is 46.5 Å². The maximum Gasteiger partial charge on any atom is 0.413 e. The molecule has 0 bridgehead atoms. The van der Waals surface area contributed by atoms with Crippen molar-refractivity contribution in [2.45, 2.75) is 58.8 Å². The van der Waals surface area contributed by atoms with Crippen LogP contribution < -0.4 is 20.5 Å². The van der Waals surface area contributed by atoms with Crippen LogP contribution in [0.3, 0.4) is 0 Å². The number of hydrogen-bond donors (Lipinski definition) is 2. The first-order chi connectivity index (χ1) is 17.6. The minimum atomic E-state index is -0.781. The first kappa shape index (κ1) is 24.8. The van der Waals surface area contributed by atoms with Crippen molar-refractivity contribution in [3.05, 3.63) is 30.3 Å². The van der Waals surface area contributed by atoms with Crippen molar-refractivity contribution in [3.63, 3.8) is 0 Å². The molecule has 0 saturated carbocycles. The highest BCUT2D eigenvalue weighted by Gasteiger charge is 2.22. The number of aromatic nitrogens is 3. The maximum absolute atomic E-state index is 12.2. The number of thiazole rings is 1. The van der Waals surface area contributed by atoms with Crippen LogP contribution in [-0.4, -0.2) is 44.8 Å². The van der Waals surface area contributed by atoms with E-state index in [4.69, 9.17) is 24.9 Å². The van der Waals surface area contributed by atoms with Crippen molar-refractivity contribution in [1.82, 2.24) is 14.5 Å². The van der Waals surface area contributed by atoms with Crippen LogP contribution >= 0.6 is 11.3 Å². The van der Waals surface area contributed by atoms with Crippen molar-refractivity contribution in [2.75, 3.05) is 11.9 Å². The van der Waals surface area contributed by atoms with Gasteiger partial charge in [-0.15, -0.1) is 0 Å². The molecule has 37 heavy (non-hydrogen) atoms. The van der Waals surface area contributed by atoms with Crippen molar-refractivity contribution in [1.29, 1.82) is 0 Å². The SMILES string of the molecule is CC(Oc1cc2c3c(c1)nc(-c1ccc4nc(NC(=O)OC(C)(C)C)sc4c1)n3CCCCO2)C(N)=O. The second kappa shape index (κ2) is 9.55. The number of carbonyl (C=O) groups is 2. The van der Waals surface area contributed by atoms with Gasteiger partial charge < -0.3 is 24.5 Å². The summed E-state index contributed by atoms with van der Waals surface area (Å²) in [5, 5.41) is 3.18. The predicted octanol–water partition coefficient (Wildman–Crippen LogP) is 5.09. The Labute approximate surface area is 217 Å². The fourth-order valence-corrected chi connectivity index (χ4v) is 5.04. The normalized spacial score (nSPS) is 14.5. The van der Waals surface area contributed by atoms with E-state index in [9.17, 15) is 9.59 Å². The topological polar surface area (TPSA) is 131 Å². The summed E-state index contributed by atoms with van der Waals surface area (Å²) in [6.45, 7) is 8.41. The minimum absolute atomic E-state index is 0.463. The van der Waals surface area contributed by atoms with Crippen molar-refractivity contribution in [3.8, 4) is 22.9 Å². The first-order valence-corrected chi connectivity index (χ1v) is 12.9. The van der Waals surface area contributed by atoms with Gasteiger partial charge in [0, 0.05) is 24.2 Å². The van der Waals surface area contributed by atoms with Gasteiger partial charge in [0.25, 0.3) is 5.91 Å². The number of rotatable bonds is 5. The van der Waals surface area contributed by atoms with Crippen molar-refractivity contribution >= 4 is 49.7 Å². The van der Waals surface area contributed by atoms with E-state index in [0.29, 0.717) is 28.8 Å². The van der Waals surface area contributed by atoms with Gasteiger partial charge in [-0.1, -0.05) is 11.3 Å². The molecule has 0 saturated heterocycles. The third-order valence-corrected chi connectivity index (χ3v) is 6.72. The Balaban J connectivity index is 1.53. The van der Waals surface area contributed by atoms with Crippen LogP contribution in [0, 0.1) is 0 Å². The lowest BCUT2D eigenvalue weighted by molar-refractivity contribution is -0.123. The predicted molar refractivity (Wildman–Crippen MR) is 142 cm³/mol. The third-order valence-electron chi connectivity index (χ3n) is 5.78. The number of nitrogens with two attached hydrogens (primary N) is 1. The van der Waals surface area contributed by atoms with E-state index >= 15 is 0 Å². The number of nitrogens with one attached hydrogen (secondary N) is 1. The molecule has 11 heteroatoms. The standard InChI is InChI=1S/C26H29N5O5S/c1-14(22(27)32)35-16-12-18-21-19(13-16)34-10-6-5-9-31(21)23(28-18)15-7-8-17-20(11-15)37-24(29-17)30-25(33)36-26(2,3)4/h7-8,11-14H,5-6,9-10H2,1-4H3,(H2,27,32)(H,29,30,33). The van der Waals surface area contributed by atoms with Gasteiger partial charge in [0.15, 0.2) is 11.2 Å². The number of amides is 2. The Morgan fingerprint density at radius 3 is 2.73 bits per heavy atom. The molecular formula is C26H29N5O5S. The van der Waals surface area contributed by atoms with Crippen molar-refractivity contribution in [2.24, 2.45) is 5.73 Å². The molecule has 2 aromatic carbocycles. The van der Waals surface area contributed by atoms with Gasteiger partial charge >= 0.3 is 6.09 Å². The van der Waals surface area contributed by atoms with Gasteiger partial charge in [-0.2, -0.15) is 0 Å². The van der Waals surface area contributed by atoms with E-state index in [1.54, 1.807) is 19.1 Å². The number of aryl methyl sites for hydroxylation is 1. The van der Waals surface area contributed by atoms with Gasteiger partial charge in [-0.25, -0.2) is 14.8 Å². The van der Waals surface area contributed by atoms with Gasteiger partial charge in [0.1, 0.15) is 28.4 Å². The summed E-state index contributed by atoms with van der Waals surface area (Å²) in [6.07, 6.45) is 0.521. The second-order valence-corrected chi connectivity index (χ2v) is 11.0. The molecule has 0 fully saturated rings. The highest BCUT2D eigenvalue weighted by molar-refractivity contribution is 7.22. The maximum atomic E-state index is 12.2. The lowest BCUT2D eigenvalue weighted by Gasteiger charge is -2.18. The number of imidazole rings is 1. The Hall–Kier alpha value is -3.86. The average Bonchev–Trinajstić information content (AvgIpc) is 3.35. The molecule has 0 aliphatic carbocycles. The Kier molecular flexibility index (Phi) is 6.40. The molecule has 10 nitrogen and oxygen atoms in total. The van der Waals surface area contributed by atoms with Gasteiger partial charge in [-0.05, 0) is 58.7 Å². The Bertz CT molecular complexity index is 1500. The quantitative estimate of drug-likeness (QED) is 0.373. The molecule has 194 valence electrons. The molecule has 5 rings (SSSR count). The molecule has 1 atom stereocenters. The summed E-state index contributed by atoms with van der Waals surface area (Å²) in [5.41, 5.74) is 8.05. The summed E-state index contributed by atoms with van der Waals surface area (Å²) in [5.74, 6) is 1.37. The summed E-state index contributed by atoms with van der Waals surface area (Å²) < 4.78 is 20.2. The smallest absolute Gasteiger partial charge is 0.413 e. The number of anilines is 1. The zero-order chi connectivity index (χ0) is 26.3. The zero-order valence-corrected chi connectivity index (χ0v) is 22.0. The Morgan fingerprint density at radius 1 is 1.16 bits per heavy atom. The number of nitrogens with zero attached hydrogens (tertiary/aromatic N) is 3. The molecule has 1 unspecified atom stereocenters. The molecule has 0 radical (unpaired) electrons. The molecule has 3 heterocycles. The van der Waals surface area contributed by atoms with E-state index in [1.807, 2.05) is 39.0 Å². The van der Waals surface area contributed by atoms with Crippen LogP contribution in [0.1, 0.15) is 40.5 Å². The van der Waals surface area contributed by atoms with E-state index in [1.165, 1.54) is 11.3 Å². The zero-order valence-electron chi connectivity index (χ0n) is 21.2. The van der Waals surface area contributed by atoms with Crippen LogP contribution in [0.2, 0.25) is 0 Å². The van der Waals surface area contributed by atoms with Gasteiger partial charge in [-0.3, -0.25) is 10.1 Å². The highest BCUT2D eigenvalue weighted by atomic mass is 32.1. The van der Waals surface area contributed by atoms with E-state index < -0.39 is 23.7 Å². The minimum Gasteiger partial charge on any atom is -0.491 e. The number of benzene rings is 2. The van der Waals surface area contributed by atoms with Crippen LogP contribution in [-0.2, 0) is 16.1 Å². The average molecular weight is 524 g/mol. The largest absolute Gasteiger partial charge is 0.491 e. The molecular weight excluding hydrogens is 494 g/mol. The fourth-order valence-electron chi connectivity index (χ4n) is 4.15. The lowest BCUT2D eigenvalue weighted by atomic mass is 10.2. The van der Waals surface area contributed by atoms with Crippen LogP contribution in [0.15, 0.2) is 30.3 Å². The number of hydrogen-bond acceptors (Lipinski definition) is 8. The third kappa shape index (κ3) is 5.31. The number of primary amides is 1. The van der Waals surface area contributed by atoms with Gasteiger partial charge in [0.2, 0.25) is 0 Å². The van der Waals surface area contributed by atoms with E-state index in [-0.39, 0.29) is 0 Å². The lowest BCUT2D eigenvalue weighted by Crippen LogP contribution is -2.30. The molecule has 2 aromatic heterocycles. The highest BCUT2D eigenvalue weighted by Crippen LogP contribution is 2.38. The van der Waals surface area contributed by atoms with E-state index in [2.05, 4.69) is 14.9 Å². The van der Waals surface area contributed by atoms with Gasteiger partial charge in [0.05, 0.1) is 22.3 Å². The number of fused-ring (bicyclic) bond motifs is 1. The number of ether oxygens (including phenoxy) is 3. The van der Waals surface area contributed by atoms with Crippen LogP contribution in [0.25, 0.3) is 32.6 Å². The summed E-state index contributed by atoms with van der Waals surface area (Å²) in [7, 11) is 0. The molecule has 4 aromatic rings. The molecule has 1 aliphatic rings. The molecule has 3 N–H and O–H groups in total. The van der Waals surface area contributed by atoms with Crippen molar-refractivity contribution < 1.29 is 23.8 Å². The summed E-state index contributed by atoms with van der Waals surface area (Å²) in [4.78, 5) is 33.1. The first-order valence-electron chi connectivity index (χ1n) is 12.1. The molecule has 1 aliphatic heterocycles. The summed E-state index contributed by atoms with van der Waals surface area (Å²) >= 11 is 1.37. The van der Waals surface area contributed by atoms with Crippen LogP contribution in [0.4, 0.5) is 9.93 Å². The van der Waals surface area contributed by atoms with Crippen LogP contribution in [0.5, 0.6) is 11.5 Å². The fraction of sp³-hybridized carbons (Fsp3) is 0.385. The molecule has 0 spiro atoms.